The zero-order valence-corrected chi connectivity index (χ0v) is 18.3. The summed E-state index contributed by atoms with van der Waals surface area (Å²) in [7, 11) is 3.22. The van der Waals surface area contributed by atoms with Crippen molar-refractivity contribution in [2.24, 2.45) is 11.1 Å². The SMILES string of the molecule is CNCC(=O)NC(C=O)CN(CCC1CCC(C(N)=O)N1C)C(=O)C(C)(C)C(F)(F)F. The number of carbonyl (C=O) groups is 4. The van der Waals surface area contributed by atoms with Crippen molar-refractivity contribution in [3.8, 4) is 0 Å². The monoisotopic (exact) mass is 451 g/mol. The molecule has 178 valence electrons. The van der Waals surface area contributed by atoms with Crippen LogP contribution in [0.1, 0.15) is 33.1 Å². The number of nitrogens with one attached hydrogen (secondary N) is 2. The van der Waals surface area contributed by atoms with Gasteiger partial charge < -0.3 is 26.1 Å². The fourth-order valence-corrected chi connectivity index (χ4v) is 3.58. The average Bonchev–Trinajstić information content (AvgIpc) is 3.03. The molecule has 0 radical (unpaired) electrons. The largest absolute Gasteiger partial charge is 0.402 e. The number of likely N-dealkylation sites (tertiary alicyclic amines) is 1. The van der Waals surface area contributed by atoms with Crippen LogP contribution in [-0.2, 0) is 19.2 Å². The summed E-state index contributed by atoms with van der Waals surface area (Å²) in [5.74, 6) is -2.20. The number of rotatable bonds is 11. The normalized spacial score (nSPS) is 20.9. The van der Waals surface area contributed by atoms with Gasteiger partial charge in [0, 0.05) is 19.1 Å². The molecule has 4 N–H and O–H groups in total. The topological polar surface area (TPSA) is 125 Å². The third-order valence-corrected chi connectivity index (χ3v) is 5.70. The average molecular weight is 451 g/mol. The van der Waals surface area contributed by atoms with Crippen LogP contribution in [0.15, 0.2) is 0 Å². The Kier molecular flexibility index (Phi) is 9.43. The molecule has 1 aliphatic rings. The number of hydrogen-bond donors (Lipinski definition) is 3. The minimum absolute atomic E-state index is 0.0783. The molecule has 1 heterocycles. The summed E-state index contributed by atoms with van der Waals surface area (Å²) in [5.41, 5.74) is 2.69. The van der Waals surface area contributed by atoms with Crippen LogP contribution >= 0.6 is 0 Å². The quantitative estimate of drug-likeness (QED) is 0.369. The number of primary amides is 1. The van der Waals surface area contributed by atoms with Gasteiger partial charge >= 0.3 is 6.18 Å². The Morgan fingerprint density at radius 3 is 2.32 bits per heavy atom. The first kappa shape index (κ1) is 26.8. The second-order valence-corrected chi connectivity index (χ2v) is 8.32. The lowest BCUT2D eigenvalue weighted by Crippen LogP contribution is -2.54. The molecule has 0 spiro atoms. The van der Waals surface area contributed by atoms with Gasteiger partial charge in [0.25, 0.3) is 0 Å². The molecule has 1 saturated heterocycles. The van der Waals surface area contributed by atoms with E-state index in [1.165, 1.54) is 7.05 Å². The van der Waals surface area contributed by atoms with Gasteiger partial charge in [0.1, 0.15) is 17.7 Å². The maximum atomic E-state index is 13.5. The Morgan fingerprint density at radius 1 is 1.26 bits per heavy atom. The summed E-state index contributed by atoms with van der Waals surface area (Å²) in [4.78, 5) is 50.2. The van der Waals surface area contributed by atoms with Crippen LogP contribution in [-0.4, -0.2) is 91.8 Å². The van der Waals surface area contributed by atoms with Gasteiger partial charge in [-0.15, -0.1) is 0 Å². The van der Waals surface area contributed by atoms with E-state index >= 15 is 0 Å². The Balaban J connectivity index is 2.99. The molecule has 1 rings (SSSR count). The molecule has 12 heteroatoms. The van der Waals surface area contributed by atoms with E-state index in [2.05, 4.69) is 10.6 Å². The number of nitrogens with zero attached hydrogens (tertiary/aromatic N) is 2. The summed E-state index contributed by atoms with van der Waals surface area (Å²) in [6.07, 6.45) is -2.99. The van der Waals surface area contributed by atoms with E-state index in [4.69, 9.17) is 5.73 Å². The van der Waals surface area contributed by atoms with Crippen molar-refractivity contribution < 1.29 is 32.3 Å². The highest BCUT2D eigenvalue weighted by Crippen LogP contribution is 2.39. The fourth-order valence-electron chi connectivity index (χ4n) is 3.58. The smallest absolute Gasteiger partial charge is 0.368 e. The van der Waals surface area contributed by atoms with Crippen molar-refractivity contribution in [3.63, 3.8) is 0 Å². The van der Waals surface area contributed by atoms with Crippen LogP contribution in [0.25, 0.3) is 0 Å². The summed E-state index contributed by atoms with van der Waals surface area (Å²) < 4.78 is 40.4. The Bertz CT molecular complexity index is 671. The minimum atomic E-state index is -4.80. The Morgan fingerprint density at radius 2 is 1.87 bits per heavy atom. The molecule has 3 atom stereocenters. The number of aldehydes is 1. The first-order valence-corrected chi connectivity index (χ1v) is 10.0. The maximum Gasteiger partial charge on any atom is 0.402 e. The van der Waals surface area contributed by atoms with Gasteiger partial charge in [-0.25, -0.2) is 0 Å². The second kappa shape index (κ2) is 10.9. The van der Waals surface area contributed by atoms with E-state index in [1.54, 1.807) is 11.9 Å². The van der Waals surface area contributed by atoms with Gasteiger partial charge in [0.15, 0.2) is 0 Å². The first-order chi connectivity index (χ1) is 14.3. The number of hydrogen-bond acceptors (Lipinski definition) is 6. The van der Waals surface area contributed by atoms with E-state index in [-0.39, 0.29) is 25.6 Å². The molecule has 3 amide bonds. The van der Waals surface area contributed by atoms with E-state index in [1.807, 2.05) is 0 Å². The van der Waals surface area contributed by atoms with Crippen molar-refractivity contribution in [1.82, 2.24) is 20.4 Å². The van der Waals surface area contributed by atoms with Crippen molar-refractivity contribution in [3.05, 3.63) is 0 Å². The zero-order chi connectivity index (χ0) is 24.0. The fraction of sp³-hybridized carbons (Fsp3) is 0.789. The van der Waals surface area contributed by atoms with Crippen LogP contribution in [0.3, 0.4) is 0 Å². The van der Waals surface area contributed by atoms with Crippen LogP contribution in [0, 0.1) is 5.41 Å². The Labute approximate surface area is 179 Å². The predicted molar refractivity (Wildman–Crippen MR) is 107 cm³/mol. The van der Waals surface area contributed by atoms with Gasteiger partial charge in [-0.05, 0) is 47.2 Å². The highest BCUT2D eigenvalue weighted by Gasteiger charge is 2.54. The number of halogens is 3. The van der Waals surface area contributed by atoms with Crippen LogP contribution < -0.4 is 16.4 Å². The number of likely N-dealkylation sites (N-methyl/N-ethyl adjacent to an activating group) is 2. The number of carbonyl (C=O) groups excluding carboxylic acids is 4. The second-order valence-electron chi connectivity index (χ2n) is 8.32. The van der Waals surface area contributed by atoms with Crippen molar-refractivity contribution in [2.75, 3.05) is 33.7 Å². The first-order valence-electron chi connectivity index (χ1n) is 10.0. The van der Waals surface area contributed by atoms with Crippen LogP contribution in [0.4, 0.5) is 13.2 Å². The van der Waals surface area contributed by atoms with Gasteiger partial charge in [0.2, 0.25) is 17.7 Å². The molecule has 1 aliphatic heterocycles. The highest BCUT2D eigenvalue weighted by atomic mass is 19.4. The third-order valence-electron chi connectivity index (χ3n) is 5.70. The molecule has 0 aromatic rings. The van der Waals surface area contributed by atoms with Crippen molar-refractivity contribution in [1.29, 1.82) is 0 Å². The van der Waals surface area contributed by atoms with Crippen LogP contribution in [0.5, 0.6) is 0 Å². The van der Waals surface area contributed by atoms with E-state index < -0.39 is 47.9 Å². The van der Waals surface area contributed by atoms with Gasteiger partial charge in [-0.1, -0.05) is 0 Å². The van der Waals surface area contributed by atoms with E-state index in [0.29, 0.717) is 19.1 Å². The third kappa shape index (κ3) is 6.89. The number of amides is 3. The molecule has 0 saturated carbocycles. The van der Waals surface area contributed by atoms with Crippen LogP contribution in [0.2, 0.25) is 0 Å². The molecular formula is C19H32F3N5O4. The highest BCUT2D eigenvalue weighted by molar-refractivity contribution is 5.84. The zero-order valence-electron chi connectivity index (χ0n) is 18.3. The lowest BCUT2D eigenvalue weighted by atomic mass is 9.90. The molecular weight excluding hydrogens is 419 g/mol. The molecule has 1 fully saturated rings. The molecule has 0 aliphatic carbocycles. The molecule has 3 unspecified atom stereocenters. The summed E-state index contributed by atoms with van der Waals surface area (Å²) in [6.45, 7) is 0.997. The molecule has 31 heavy (non-hydrogen) atoms. The minimum Gasteiger partial charge on any atom is -0.368 e. The lowest BCUT2D eigenvalue weighted by molar-refractivity contribution is -0.217. The summed E-state index contributed by atoms with van der Waals surface area (Å²) in [6, 6.07) is -1.78. The molecule has 0 aromatic carbocycles. The standard InChI is InChI=1S/C19H32F3N5O4/c1-18(2,19(20,21)22)17(31)27(10-12(11-28)25-15(29)9-24-3)8-7-13-5-6-14(16(23)30)26(13)4/h11-14,24H,5-10H2,1-4H3,(H2,23,30)(H,25,29). The molecule has 0 aromatic heterocycles. The number of alkyl halides is 3. The predicted octanol–water partition coefficient (Wildman–Crippen LogP) is -0.355. The molecule has 9 nitrogen and oxygen atoms in total. The van der Waals surface area contributed by atoms with Gasteiger partial charge in [-0.2, -0.15) is 13.2 Å². The van der Waals surface area contributed by atoms with Crippen molar-refractivity contribution in [2.45, 2.75) is 57.4 Å². The maximum absolute atomic E-state index is 13.5. The summed E-state index contributed by atoms with van der Waals surface area (Å²) in [5, 5.41) is 4.98. The van der Waals surface area contributed by atoms with E-state index in [9.17, 15) is 32.3 Å². The Hall–Kier alpha value is -2.21. The van der Waals surface area contributed by atoms with Gasteiger partial charge in [-0.3, -0.25) is 19.3 Å². The van der Waals surface area contributed by atoms with E-state index in [0.717, 1.165) is 18.7 Å². The lowest BCUT2D eigenvalue weighted by Gasteiger charge is -2.35. The van der Waals surface area contributed by atoms with Gasteiger partial charge in [0.05, 0.1) is 12.6 Å². The van der Waals surface area contributed by atoms with Crippen molar-refractivity contribution >= 4 is 24.0 Å². The molecule has 0 bridgehead atoms. The summed E-state index contributed by atoms with van der Waals surface area (Å²) >= 11 is 0. The number of nitrogens with two attached hydrogens (primary N) is 1.